The molecule has 0 aromatic heterocycles. The molecule has 0 spiro atoms. The lowest BCUT2D eigenvalue weighted by atomic mass is 10.0. The van der Waals surface area contributed by atoms with Crippen molar-refractivity contribution < 1.29 is 4.79 Å². The third-order valence-corrected chi connectivity index (χ3v) is 4.58. The van der Waals surface area contributed by atoms with Crippen molar-refractivity contribution in [1.82, 2.24) is 5.32 Å². The predicted molar refractivity (Wildman–Crippen MR) is 81.4 cm³/mol. The molecule has 0 radical (unpaired) electrons. The minimum atomic E-state index is 0.0132. The van der Waals surface area contributed by atoms with Crippen LogP contribution < -0.4 is 16.6 Å². The summed E-state index contributed by atoms with van der Waals surface area (Å²) >= 11 is 2.00. The molecule has 2 rings (SSSR count). The molecule has 1 aromatic carbocycles. The van der Waals surface area contributed by atoms with Gasteiger partial charge in [-0.2, -0.15) is 11.8 Å². The third kappa shape index (κ3) is 3.88. The standard InChI is InChI=1S/C14H21N3OS/c1-10-8-12(17-15)2-3-13(10)14(18)16-9-11-4-6-19-7-5-11/h2-3,8,11,17H,4-7,9,15H2,1H3,(H,16,18). The number of hydrogen-bond donors (Lipinski definition) is 3. The molecule has 1 aromatic rings. The van der Waals surface area contributed by atoms with Crippen LogP contribution in [0.2, 0.25) is 0 Å². The average molecular weight is 279 g/mol. The maximum atomic E-state index is 12.1. The first-order valence-electron chi connectivity index (χ1n) is 6.64. The van der Waals surface area contributed by atoms with Crippen molar-refractivity contribution in [3.63, 3.8) is 0 Å². The van der Waals surface area contributed by atoms with Gasteiger partial charge in [0, 0.05) is 17.8 Å². The second kappa shape index (κ2) is 6.82. The summed E-state index contributed by atoms with van der Waals surface area (Å²) in [4.78, 5) is 12.1. The Morgan fingerprint density at radius 3 is 2.79 bits per heavy atom. The Labute approximate surface area is 118 Å². The highest BCUT2D eigenvalue weighted by atomic mass is 32.2. The number of nitrogens with two attached hydrogens (primary N) is 1. The highest BCUT2D eigenvalue weighted by Crippen LogP contribution is 2.22. The molecule has 0 aliphatic carbocycles. The second-order valence-electron chi connectivity index (χ2n) is 4.94. The lowest BCUT2D eigenvalue weighted by Crippen LogP contribution is -2.31. The van der Waals surface area contributed by atoms with Crippen molar-refractivity contribution >= 4 is 23.4 Å². The van der Waals surface area contributed by atoms with Crippen LogP contribution in [-0.4, -0.2) is 24.0 Å². The zero-order chi connectivity index (χ0) is 13.7. The van der Waals surface area contributed by atoms with Crippen molar-refractivity contribution in [2.24, 2.45) is 11.8 Å². The summed E-state index contributed by atoms with van der Waals surface area (Å²) in [5.74, 6) is 8.43. The lowest BCUT2D eigenvalue weighted by molar-refractivity contribution is 0.0946. The van der Waals surface area contributed by atoms with Crippen LogP contribution in [0.1, 0.15) is 28.8 Å². The van der Waals surface area contributed by atoms with E-state index in [1.807, 2.05) is 36.9 Å². The Bertz CT molecular complexity index is 444. The Balaban J connectivity index is 1.92. The first kappa shape index (κ1) is 14.2. The van der Waals surface area contributed by atoms with Crippen molar-refractivity contribution in [2.45, 2.75) is 19.8 Å². The van der Waals surface area contributed by atoms with Gasteiger partial charge in [-0.25, -0.2) is 0 Å². The molecule has 5 heteroatoms. The van der Waals surface area contributed by atoms with Gasteiger partial charge in [0.2, 0.25) is 0 Å². The molecule has 1 heterocycles. The maximum absolute atomic E-state index is 12.1. The molecule has 0 unspecified atom stereocenters. The fraction of sp³-hybridized carbons (Fsp3) is 0.500. The Kier molecular flexibility index (Phi) is 5.10. The molecule has 1 saturated heterocycles. The zero-order valence-electron chi connectivity index (χ0n) is 11.2. The number of amides is 1. The summed E-state index contributed by atoms with van der Waals surface area (Å²) < 4.78 is 0. The summed E-state index contributed by atoms with van der Waals surface area (Å²) in [6.45, 7) is 2.71. The molecule has 0 saturated carbocycles. The van der Waals surface area contributed by atoms with E-state index in [0.717, 1.165) is 23.4 Å². The maximum Gasteiger partial charge on any atom is 0.251 e. The highest BCUT2D eigenvalue weighted by molar-refractivity contribution is 7.99. The number of benzene rings is 1. The van der Waals surface area contributed by atoms with Crippen LogP contribution in [0, 0.1) is 12.8 Å². The topological polar surface area (TPSA) is 67.1 Å². The van der Waals surface area contributed by atoms with Gasteiger partial charge in [-0.3, -0.25) is 10.6 Å². The molecule has 0 atom stereocenters. The predicted octanol–water partition coefficient (Wildman–Crippen LogP) is 2.15. The monoisotopic (exact) mass is 279 g/mol. The number of nitrogen functional groups attached to an aromatic ring is 1. The SMILES string of the molecule is Cc1cc(NN)ccc1C(=O)NCC1CCSCC1. The third-order valence-electron chi connectivity index (χ3n) is 3.53. The van der Waals surface area contributed by atoms with E-state index in [1.165, 1.54) is 24.3 Å². The minimum Gasteiger partial charge on any atom is -0.352 e. The lowest BCUT2D eigenvalue weighted by Gasteiger charge is -2.21. The number of thioether (sulfide) groups is 1. The first-order chi connectivity index (χ1) is 9.20. The van der Waals surface area contributed by atoms with E-state index in [0.29, 0.717) is 5.92 Å². The normalized spacial score (nSPS) is 16.1. The van der Waals surface area contributed by atoms with Gasteiger partial charge >= 0.3 is 0 Å². The van der Waals surface area contributed by atoms with Crippen LogP contribution in [0.4, 0.5) is 5.69 Å². The number of carbonyl (C=O) groups excluding carboxylic acids is 1. The molecule has 4 N–H and O–H groups in total. The number of anilines is 1. The molecule has 1 aliphatic rings. The smallest absolute Gasteiger partial charge is 0.251 e. The van der Waals surface area contributed by atoms with Gasteiger partial charge in [0.25, 0.3) is 5.91 Å². The quantitative estimate of drug-likeness (QED) is 0.583. The minimum absolute atomic E-state index is 0.0132. The van der Waals surface area contributed by atoms with Gasteiger partial charge in [-0.1, -0.05) is 0 Å². The molecule has 4 nitrogen and oxygen atoms in total. The van der Waals surface area contributed by atoms with Crippen LogP contribution in [-0.2, 0) is 0 Å². The van der Waals surface area contributed by atoms with Crippen molar-refractivity contribution in [2.75, 3.05) is 23.5 Å². The first-order valence-corrected chi connectivity index (χ1v) is 7.79. The second-order valence-corrected chi connectivity index (χ2v) is 6.16. The summed E-state index contributed by atoms with van der Waals surface area (Å²) in [6, 6.07) is 5.52. The van der Waals surface area contributed by atoms with Crippen molar-refractivity contribution in [1.29, 1.82) is 0 Å². The van der Waals surface area contributed by atoms with Gasteiger partial charge in [0.05, 0.1) is 0 Å². The Morgan fingerprint density at radius 2 is 2.16 bits per heavy atom. The van der Waals surface area contributed by atoms with Gasteiger partial charge in [-0.15, -0.1) is 0 Å². The molecule has 1 aliphatic heterocycles. The number of nitrogens with one attached hydrogen (secondary N) is 2. The van der Waals surface area contributed by atoms with Gasteiger partial charge in [-0.05, 0) is 61.0 Å². The van der Waals surface area contributed by atoms with Crippen LogP contribution in [0.15, 0.2) is 18.2 Å². The summed E-state index contributed by atoms with van der Waals surface area (Å²) in [7, 11) is 0. The fourth-order valence-corrected chi connectivity index (χ4v) is 3.50. The molecule has 104 valence electrons. The molecule has 0 bridgehead atoms. The number of aryl methyl sites for hydroxylation is 1. The van der Waals surface area contributed by atoms with Crippen LogP contribution >= 0.6 is 11.8 Å². The van der Waals surface area contributed by atoms with Crippen LogP contribution in [0.5, 0.6) is 0 Å². The van der Waals surface area contributed by atoms with E-state index in [4.69, 9.17) is 5.84 Å². The van der Waals surface area contributed by atoms with Crippen molar-refractivity contribution in [3.8, 4) is 0 Å². The number of hydrogen-bond acceptors (Lipinski definition) is 4. The van der Waals surface area contributed by atoms with E-state index in [9.17, 15) is 4.79 Å². The van der Waals surface area contributed by atoms with E-state index < -0.39 is 0 Å². The van der Waals surface area contributed by atoms with E-state index in [1.54, 1.807) is 0 Å². The number of rotatable bonds is 4. The van der Waals surface area contributed by atoms with Crippen LogP contribution in [0.25, 0.3) is 0 Å². The zero-order valence-corrected chi connectivity index (χ0v) is 12.1. The Morgan fingerprint density at radius 1 is 1.42 bits per heavy atom. The van der Waals surface area contributed by atoms with Crippen LogP contribution in [0.3, 0.4) is 0 Å². The van der Waals surface area contributed by atoms with Gasteiger partial charge < -0.3 is 10.7 Å². The molecule has 1 amide bonds. The number of hydrazine groups is 1. The average Bonchev–Trinajstić information content (AvgIpc) is 2.45. The summed E-state index contributed by atoms with van der Waals surface area (Å²) in [5.41, 5.74) is 5.06. The fourth-order valence-electron chi connectivity index (χ4n) is 2.29. The van der Waals surface area contributed by atoms with Gasteiger partial charge in [0.15, 0.2) is 0 Å². The highest BCUT2D eigenvalue weighted by Gasteiger charge is 2.15. The van der Waals surface area contributed by atoms with Crippen molar-refractivity contribution in [3.05, 3.63) is 29.3 Å². The molecular weight excluding hydrogens is 258 g/mol. The van der Waals surface area contributed by atoms with E-state index in [2.05, 4.69) is 10.7 Å². The molecule has 1 fully saturated rings. The molecular formula is C14H21N3OS. The summed E-state index contributed by atoms with van der Waals surface area (Å²) in [6.07, 6.45) is 2.42. The largest absolute Gasteiger partial charge is 0.352 e. The molecule has 19 heavy (non-hydrogen) atoms. The van der Waals surface area contributed by atoms with E-state index in [-0.39, 0.29) is 5.91 Å². The summed E-state index contributed by atoms with van der Waals surface area (Å²) in [5, 5.41) is 3.05. The van der Waals surface area contributed by atoms with Gasteiger partial charge in [0.1, 0.15) is 0 Å². The Hall–Kier alpha value is -1.20. The number of carbonyl (C=O) groups is 1. The van der Waals surface area contributed by atoms with E-state index >= 15 is 0 Å².